The van der Waals surface area contributed by atoms with Gasteiger partial charge in [0.15, 0.2) is 0 Å². The molecule has 21 heavy (non-hydrogen) atoms. The van der Waals surface area contributed by atoms with Gasteiger partial charge in [0.05, 0.1) is 12.1 Å². The van der Waals surface area contributed by atoms with Gasteiger partial charge in [-0.3, -0.25) is 0 Å². The second-order valence-corrected chi connectivity index (χ2v) is 4.96. The summed E-state index contributed by atoms with van der Waals surface area (Å²) in [6, 6.07) is 5.13. The second kappa shape index (κ2) is 9.18. The van der Waals surface area contributed by atoms with E-state index < -0.39 is 6.10 Å². The molecule has 0 radical (unpaired) electrons. The van der Waals surface area contributed by atoms with Crippen molar-refractivity contribution in [3.63, 3.8) is 0 Å². The maximum Gasteiger partial charge on any atom is 0.315 e. The van der Waals surface area contributed by atoms with Crippen LogP contribution in [0.2, 0.25) is 0 Å². The van der Waals surface area contributed by atoms with Gasteiger partial charge in [0, 0.05) is 6.54 Å². The molecule has 6 heteroatoms. The highest BCUT2D eigenvalue weighted by Gasteiger charge is 2.09. The molecule has 2 unspecified atom stereocenters. The van der Waals surface area contributed by atoms with Gasteiger partial charge < -0.3 is 20.5 Å². The van der Waals surface area contributed by atoms with Crippen LogP contribution in [-0.2, 0) is 0 Å². The zero-order chi connectivity index (χ0) is 15.7. The summed E-state index contributed by atoms with van der Waals surface area (Å²) >= 11 is 0. The van der Waals surface area contributed by atoms with Gasteiger partial charge in [0.25, 0.3) is 0 Å². The van der Waals surface area contributed by atoms with Crippen LogP contribution in [0.5, 0.6) is 5.75 Å². The number of hydrogen-bond donors (Lipinski definition) is 3. The van der Waals surface area contributed by atoms with Crippen molar-refractivity contribution in [2.45, 2.75) is 38.8 Å². The predicted molar refractivity (Wildman–Crippen MR) is 78.8 cm³/mol. The molecular weight excluding hydrogens is 275 g/mol. The smallest absolute Gasteiger partial charge is 0.315 e. The molecule has 0 fully saturated rings. The lowest BCUT2D eigenvalue weighted by Crippen LogP contribution is -2.45. The number of nitrogens with one attached hydrogen (secondary N) is 2. The molecular formula is C15H23FN2O3. The van der Waals surface area contributed by atoms with Crippen molar-refractivity contribution in [1.29, 1.82) is 0 Å². The zero-order valence-electron chi connectivity index (χ0n) is 12.4. The molecule has 5 nitrogen and oxygen atoms in total. The Morgan fingerprint density at radius 3 is 2.67 bits per heavy atom. The Hall–Kier alpha value is -1.82. The molecule has 118 valence electrons. The normalized spacial score (nSPS) is 13.3. The third-order valence-electron chi connectivity index (χ3n) is 2.81. The molecule has 0 aromatic heterocycles. The Bertz CT molecular complexity index is 425. The fraction of sp³-hybridized carbons (Fsp3) is 0.533. The standard InChI is InChI=1S/C15H23FN2O3/c1-3-4-13(19)9-17-15(20)18-11(2)10-21-14-7-5-12(16)6-8-14/h5-8,11,13,19H,3-4,9-10H2,1-2H3,(H2,17,18,20). The molecule has 0 saturated carbocycles. The van der Waals surface area contributed by atoms with E-state index in [9.17, 15) is 14.3 Å². The van der Waals surface area contributed by atoms with Crippen LogP contribution in [0, 0.1) is 5.82 Å². The topological polar surface area (TPSA) is 70.6 Å². The minimum Gasteiger partial charge on any atom is -0.491 e. The molecule has 2 amide bonds. The molecule has 1 rings (SSSR count). The first-order valence-corrected chi connectivity index (χ1v) is 7.12. The number of halogens is 1. The van der Waals surface area contributed by atoms with E-state index in [1.54, 1.807) is 6.92 Å². The van der Waals surface area contributed by atoms with E-state index in [0.717, 1.165) is 6.42 Å². The first-order valence-electron chi connectivity index (χ1n) is 7.12. The van der Waals surface area contributed by atoms with E-state index in [1.807, 2.05) is 6.92 Å². The first kappa shape index (κ1) is 17.2. The van der Waals surface area contributed by atoms with Gasteiger partial charge in [-0.15, -0.1) is 0 Å². The van der Waals surface area contributed by atoms with Gasteiger partial charge in [0.1, 0.15) is 18.2 Å². The second-order valence-electron chi connectivity index (χ2n) is 4.96. The van der Waals surface area contributed by atoms with E-state index >= 15 is 0 Å². The summed E-state index contributed by atoms with van der Waals surface area (Å²) in [5.74, 6) is 0.224. The summed E-state index contributed by atoms with van der Waals surface area (Å²) in [5, 5.41) is 14.8. The molecule has 0 spiro atoms. The predicted octanol–water partition coefficient (Wildman–Crippen LogP) is 2.05. The third-order valence-corrected chi connectivity index (χ3v) is 2.81. The highest BCUT2D eigenvalue weighted by atomic mass is 19.1. The van der Waals surface area contributed by atoms with Crippen molar-refractivity contribution >= 4 is 6.03 Å². The van der Waals surface area contributed by atoms with E-state index in [1.165, 1.54) is 24.3 Å². The Balaban J connectivity index is 2.21. The largest absolute Gasteiger partial charge is 0.491 e. The Morgan fingerprint density at radius 2 is 2.05 bits per heavy atom. The number of ether oxygens (including phenoxy) is 1. The lowest BCUT2D eigenvalue weighted by atomic mass is 10.2. The monoisotopic (exact) mass is 298 g/mol. The lowest BCUT2D eigenvalue weighted by molar-refractivity contribution is 0.159. The van der Waals surface area contributed by atoms with Crippen molar-refractivity contribution in [2.75, 3.05) is 13.2 Å². The summed E-state index contributed by atoms with van der Waals surface area (Å²) in [7, 11) is 0. The van der Waals surface area contributed by atoms with Crippen molar-refractivity contribution in [1.82, 2.24) is 10.6 Å². The average Bonchev–Trinajstić information content (AvgIpc) is 2.45. The number of hydrogen-bond acceptors (Lipinski definition) is 3. The zero-order valence-corrected chi connectivity index (χ0v) is 12.4. The maximum absolute atomic E-state index is 12.7. The summed E-state index contributed by atoms with van der Waals surface area (Å²) in [6.07, 6.45) is 1.00. The Kier molecular flexibility index (Phi) is 7.53. The van der Waals surface area contributed by atoms with Crippen LogP contribution in [0.1, 0.15) is 26.7 Å². The van der Waals surface area contributed by atoms with Crippen LogP contribution in [0.3, 0.4) is 0 Å². The number of rotatable bonds is 8. The molecule has 0 aliphatic carbocycles. The first-order chi connectivity index (χ1) is 10.0. The van der Waals surface area contributed by atoms with Gasteiger partial charge in [-0.05, 0) is 37.6 Å². The van der Waals surface area contributed by atoms with E-state index in [4.69, 9.17) is 4.74 Å². The van der Waals surface area contributed by atoms with Gasteiger partial charge in [-0.25, -0.2) is 9.18 Å². The van der Waals surface area contributed by atoms with Gasteiger partial charge in [-0.1, -0.05) is 13.3 Å². The Labute approximate surface area is 124 Å². The van der Waals surface area contributed by atoms with Crippen LogP contribution in [-0.4, -0.2) is 36.4 Å². The fourth-order valence-electron chi connectivity index (χ4n) is 1.71. The highest BCUT2D eigenvalue weighted by Crippen LogP contribution is 2.11. The molecule has 0 saturated heterocycles. The number of benzene rings is 1. The van der Waals surface area contributed by atoms with Crippen LogP contribution in [0.4, 0.5) is 9.18 Å². The summed E-state index contributed by atoms with van der Waals surface area (Å²) in [5.41, 5.74) is 0. The van der Waals surface area contributed by atoms with Crippen molar-refractivity contribution < 1.29 is 19.0 Å². The van der Waals surface area contributed by atoms with Crippen molar-refractivity contribution in [3.8, 4) is 5.75 Å². The van der Waals surface area contributed by atoms with Crippen molar-refractivity contribution in [2.24, 2.45) is 0 Å². The fourth-order valence-corrected chi connectivity index (χ4v) is 1.71. The van der Waals surface area contributed by atoms with Crippen LogP contribution in [0.15, 0.2) is 24.3 Å². The third kappa shape index (κ3) is 7.51. The summed E-state index contributed by atoms with van der Waals surface area (Å²) in [4.78, 5) is 11.6. The SMILES string of the molecule is CCCC(O)CNC(=O)NC(C)COc1ccc(F)cc1. The molecule has 1 aromatic rings. The lowest BCUT2D eigenvalue weighted by Gasteiger charge is -2.17. The average molecular weight is 298 g/mol. The van der Waals surface area contributed by atoms with Crippen LogP contribution < -0.4 is 15.4 Å². The number of aliphatic hydroxyl groups is 1. The van der Waals surface area contributed by atoms with Crippen molar-refractivity contribution in [3.05, 3.63) is 30.1 Å². The minimum absolute atomic E-state index is 0.210. The number of amides is 2. The van der Waals surface area contributed by atoms with Gasteiger partial charge >= 0.3 is 6.03 Å². The number of carbonyl (C=O) groups excluding carboxylic acids is 1. The quantitative estimate of drug-likeness (QED) is 0.688. The van der Waals surface area contributed by atoms with Crippen LogP contribution in [0.25, 0.3) is 0 Å². The van der Waals surface area contributed by atoms with Gasteiger partial charge in [-0.2, -0.15) is 0 Å². The summed E-state index contributed by atoms with van der Waals surface area (Å²) < 4.78 is 18.2. The number of urea groups is 1. The number of carbonyl (C=O) groups is 1. The van der Waals surface area contributed by atoms with E-state index in [0.29, 0.717) is 12.2 Å². The molecule has 0 aliphatic rings. The molecule has 0 bridgehead atoms. The minimum atomic E-state index is -0.522. The van der Waals surface area contributed by atoms with Crippen LogP contribution >= 0.6 is 0 Å². The van der Waals surface area contributed by atoms with E-state index in [2.05, 4.69) is 10.6 Å². The maximum atomic E-state index is 12.7. The van der Waals surface area contributed by atoms with E-state index in [-0.39, 0.29) is 31.0 Å². The molecule has 1 aromatic carbocycles. The molecule has 3 N–H and O–H groups in total. The molecule has 0 aliphatic heterocycles. The van der Waals surface area contributed by atoms with Gasteiger partial charge in [0.2, 0.25) is 0 Å². The highest BCUT2D eigenvalue weighted by molar-refractivity contribution is 5.74. The summed E-state index contributed by atoms with van der Waals surface area (Å²) in [6.45, 7) is 4.27. The number of aliphatic hydroxyl groups excluding tert-OH is 1. The molecule has 0 heterocycles. The Morgan fingerprint density at radius 1 is 1.38 bits per heavy atom. The molecule has 2 atom stereocenters.